The minimum absolute atomic E-state index is 0.644. The molecule has 0 unspecified atom stereocenters. The molecule has 306 valence electrons. The van der Waals surface area contributed by atoms with Gasteiger partial charge in [0.25, 0.3) is 0 Å². The summed E-state index contributed by atoms with van der Waals surface area (Å²) in [5.41, 5.74) is 2.05. The number of benzene rings is 5. The van der Waals surface area contributed by atoms with Crippen LogP contribution in [0.2, 0.25) is 0 Å². The van der Waals surface area contributed by atoms with Crippen LogP contribution >= 0.6 is 11.3 Å². The number of ether oxygens (including phenoxy) is 5. The van der Waals surface area contributed by atoms with Gasteiger partial charge in [-0.05, 0) is 89.4 Å². The number of aromatic nitrogens is 1. The van der Waals surface area contributed by atoms with Gasteiger partial charge in [-0.15, -0.1) is 11.3 Å². The predicted molar refractivity (Wildman–Crippen MR) is 243 cm³/mol. The zero-order chi connectivity index (χ0) is 39.8. The van der Waals surface area contributed by atoms with E-state index >= 15 is 0 Å². The number of rotatable bonds is 26. The van der Waals surface area contributed by atoms with Crippen molar-refractivity contribution in [3.63, 3.8) is 0 Å². The normalized spacial score (nSPS) is 11.6. The van der Waals surface area contributed by atoms with E-state index in [0.29, 0.717) is 33.0 Å². The van der Waals surface area contributed by atoms with Gasteiger partial charge in [-0.3, -0.25) is 0 Å². The highest BCUT2D eigenvalue weighted by Gasteiger charge is 2.23. The van der Waals surface area contributed by atoms with Crippen LogP contribution in [0.15, 0.2) is 60.7 Å². The summed E-state index contributed by atoms with van der Waals surface area (Å²) in [5, 5.41) is 7.52. The van der Waals surface area contributed by atoms with E-state index in [4.69, 9.17) is 28.7 Å². The SMILES string of the molecule is CCCCCOc1cc2c3cc(OCCCCC)c(OCCCCC)cc3c3c(cc(OCCCCC)c4sc(-c5ccccc5)nc43)c2cc1OCCCCC. The number of fused-ring (bicyclic) bond motifs is 8. The van der Waals surface area contributed by atoms with Crippen molar-refractivity contribution in [3.05, 3.63) is 60.7 Å². The first-order valence-corrected chi connectivity index (χ1v) is 23.0. The molecule has 0 atom stereocenters. The van der Waals surface area contributed by atoms with E-state index in [2.05, 4.69) is 95.3 Å². The molecule has 57 heavy (non-hydrogen) atoms. The lowest BCUT2D eigenvalue weighted by Crippen LogP contribution is -2.04. The second-order valence-electron chi connectivity index (χ2n) is 15.3. The Morgan fingerprint density at radius 3 is 1.18 bits per heavy atom. The van der Waals surface area contributed by atoms with E-state index in [0.717, 1.165) is 178 Å². The first kappa shape index (κ1) is 42.4. The summed E-state index contributed by atoms with van der Waals surface area (Å²) in [6.45, 7) is 14.4. The highest BCUT2D eigenvalue weighted by Crippen LogP contribution is 2.49. The highest BCUT2D eigenvalue weighted by molar-refractivity contribution is 7.22. The maximum absolute atomic E-state index is 6.71. The second-order valence-corrected chi connectivity index (χ2v) is 16.3. The van der Waals surface area contributed by atoms with E-state index < -0.39 is 0 Å². The molecule has 5 aromatic carbocycles. The van der Waals surface area contributed by atoms with Crippen molar-refractivity contribution in [2.24, 2.45) is 0 Å². The van der Waals surface area contributed by atoms with Crippen LogP contribution in [0, 0.1) is 0 Å². The molecule has 0 radical (unpaired) electrons. The molecule has 0 N–H and O–H groups in total. The van der Waals surface area contributed by atoms with Crippen LogP contribution < -0.4 is 23.7 Å². The first-order chi connectivity index (χ1) is 28.1. The summed E-state index contributed by atoms with van der Waals surface area (Å²) in [5.74, 6) is 4.03. The number of unbranched alkanes of at least 4 members (excludes halogenated alkanes) is 10. The molecule has 0 amide bonds. The molecular formula is C50H65NO5S. The topological polar surface area (TPSA) is 59.0 Å². The molecule has 0 aliphatic heterocycles. The fourth-order valence-electron chi connectivity index (χ4n) is 7.47. The summed E-state index contributed by atoms with van der Waals surface area (Å²) < 4.78 is 34.2. The Morgan fingerprint density at radius 2 is 0.772 bits per heavy atom. The molecule has 0 aliphatic rings. The van der Waals surface area contributed by atoms with Crippen LogP contribution in [0.3, 0.4) is 0 Å². The predicted octanol–water partition coefficient (Wildman–Crippen LogP) is 15.3. The molecule has 0 bridgehead atoms. The van der Waals surface area contributed by atoms with Crippen LogP contribution in [-0.4, -0.2) is 38.0 Å². The van der Waals surface area contributed by atoms with Gasteiger partial charge in [0, 0.05) is 10.9 Å². The van der Waals surface area contributed by atoms with Crippen molar-refractivity contribution < 1.29 is 23.7 Å². The van der Waals surface area contributed by atoms with Crippen molar-refractivity contribution in [1.82, 2.24) is 4.98 Å². The third-order valence-corrected chi connectivity index (χ3v) is 11.8. The summed E-state index contributed by atoms with van der Waals surface area (Å²) in [7, 11) is 0. The van der Waals surface area contributed by atoms with Crippen LogP contribution in [0.4, 0.5) is 0 Å². The van der Waals surface area contributed by atoms with Gasteiger partial charge in [0.2, 0.25) is 0 Å². The first-order valence-electron chi connectivity index (χ1n) is 22.2. The minimum Gasteiger partial charge on any atom is -0.492 e. The zero-order valence-corrected chi connectivity index (χ0v) is 36.1. The Bertz CT molecular complexity index is 2110. The Labute approximate surface area is 345 Å². The van der Waals surface area contributed by atoms with E-state index in [-0.39, 0.29) is 0 Å². The Hall–Kier alpha value is -4.23. The van der Waals surface area contributed by atoms with Crippen LogP contribution in [0.5, 0.6) is 28.7 Å². The quantitative estimate of drug-likeness (QED) is 0.0403. The molecule has 0 spiro atoms. The third-order valence-electron chi connectivity index (χ3n) is 10.7. The Balaban J connectivity index is 1.66. The molecule has 0 saturated heterocycles. The van der Waals surface area contributed by atoms with Crippen LogP contribution in [0.1, 0.15) is 131 Å². The largest absolute Gasteiger partial charge is 0.492 e. The van der Waals surface area contributed by atoms with Gasteiger partial charge in [0.1, 0.15) is 10.8 Å². The lowest BCUT2D eigenvalue weighted by molar-refractivity contribution is 0.260. The zero-order valence-electron chi connectivity index (χ0n) is 35.3. The average molecular weight is 792 g/mol. The number of nitrogens with zero attached hydrogens (tertiary/aromatic N) is 1. The monoisotopic (exact) mass is 791 g/mol. The van der Waals surface area contributed by atoms with Crippen molar-refractivity contribution >= 4 is 53.9 Å². The molecule has 1 heterocycles. The Morgan fingerprint density at radius 1 is 0.421 bits per heavy atom. The minimum atomic E-state index is 0.644. The molecule has 6 rings (SSSR count). The van der Waals surface area contributed by atoms with Crippen molar-refractivity contribution in [2.75, 3.05) is 33.0 Å². The van der Waals surface area contributed by atoms with E-state index in [1.165, 1.54) is 0 Å². The van der Waals surface area contributed by atoms with Gasteiger partial charge in [-0.1, -0.05) is 129 Å². The van der Waals surface area contributed by atoms with Crippen molar-refractivity contribution in [2.45, 2.75) is 131 Å². The lowest BCUT2D eigenvalue weighted by Gasteiger charge is -2.20. The van der Waals surface area contributed by atoms with E-state index in [9.17, 15) is 0 Å². The van der Waals surface area contributed by atoms with Crippen LogP contribution in [-0.2, 0) is 0 Å². The maximum atomic E-state index is 6.71. The fourth-order valence-corrected chi connectivity index (χ4v) is 8.51. The third kappa shape index (κ3) is 10.6. The molecular weight excluding hydrogens is 727 g/mol. The molecule has 0 saturated carbocycles. The summed E-state index contributed by atoms with van der Waals surface area (Å²) in [4.78, 5) is 5.46. The summed E-state index contributed by atoms with van der Waals surface area (Å²) >= 11 is 1.71. The van der Waals surface area contributed by atoms with Crippen molar-refractivity contribution in [1.29, 1.82) is 0 Å². The van der Waals surface area contributed by atoms with Crippen molar-refractivity contribution in [3.8, 4) is 39.3 Å². The molecule has 7 heteroatoms. The smallest absolute Gasteiger partial charge is 0.161 e. The fraction of sp³-hybridized carbons (Fsp3) is 0.500. The van der Waals surface area contributed by atoms with Gasteiger partial charge in [-0.2, -0.15) is 0 Å². The lowest BCUT2D eigenvalue weighted by atomic mass is 9.92. The van der Waals surface area contributed by atoms with Gasteiger partial charge in [0.05, 0.1) is 43.3 Å². The number of hydrogen-bond acceptors (Lipinski definition) is 7. The molecule has 6 nitrogen and oxygen atoms in total. The molecule has 0 aliphatic carbocycles. The Kier molecular flexibility index (Phi) is 16.4. The van der Waals surface area contributed by atoms with Gasteiger partial charge in [-0.25, -0.2) is 4.98 Å². The van der Waals surface area contributed by atoms with Gasteiger partial charge >= 0.3 is 0 Å². The second kappa shape index (κ2) is 22.1. The highest BCUT2D eigenvalue weighted by atomic mass is 32.1. The summed E-state index contributed by atoms with van der Waals surface area (Å²) in [6, 6.07) is 21.6. The van der Waals surface area contributed by atoms with Gasteiger partial charge < -0.3 is 23.7 Å². The van der Waals surface area contributed by atoms with E-state index in [1.54, 1.807) is 11.3 Å². The molecule has 6 aromatic rings. The summed E-state index contributed by atoms with van der Waals surface area (Å²) in [6.07, 6.45) is 16.3. The molecule has 1 aromatic heterocycles. The number of thiazole rings is 1. The maximum Gasteiger partial charge on any atom is 0.161 e. The van der Waals surface area contributed by atoms with E-state index in [1.807, 2.05) is 0 Å². The van der Waals surface area contributed by atoms with Crippen LogP contribution in [0.25, 0.3) is 53.1 Å². The van der Waals surface area contributed by atoms with Gasteiger partial charge in [0.15, 0.2) is 23.0 Å². The standard InChI is InChI=1S/C50H65NO5S/c1-6-11-19-26-52-42-31-37-38-32-44(54-28-21-13-8-3)45(55-29-22-14-9-4)34-40(38)47-41(39(37)33-43(42)53-27-20-12-7-2)35-46(56-30-23-15-10-5)49-48(47)51-50(57-49)36-24-17-16-18-25-36/h16-18,24-25,31-35H,6-15,19-23,26-30H2,1-5H3. The molecule has 0 fully saturated rings. The average Bonchev–Trinajstić information content (AvgIpc) is 3.69. The number of hydrogen-bond donors (Lipinski definition) is 0.